The van der Waals surface area contributed by atoms with Crippen molar-refractivity contribution in [1.82, 2.24) is 20.5 Å². The van der Waals surface area contributed by atoms with Gasteiger partial charge in [-0.05, 0) is 30.2 Å². The lowest BCUT2D eigenvalue weighted by atomic mass is 9.89. The van der Waals surface area contributed by atoms with Crippen molar-refractivity contribution in [3.8, 4) is 10.7 Å². The molecule has 7 heteroatoms. The summed E-state index contributed by atoms with van der Waals surface area (Å²) in [7, 11) is 0. The van der Waals surface area contributed by atoms with Gasteiger partial charge in [0, 0.05) is 6.54 Å². The van der Waals surface area contributed by atoms with E-state index in [0.717, 1.165) is 17.2 Å². The molecule has 2 heterocycles. The number of hydrogen-bond acceptors (Lipinski definition) is 5. The lowest BCUT2D eigenvalue weighted by molar-refractivity contribution is -0.118. The normalized spacial score (nSPS) is 15.8. The SMILES string of the molecule is O=C(CSc1n[nH]c(-c2cccs2)n1)NCC1CCCCC1. The van der Waals surface area contributed by atoms with Crippen LogP contribution in [-0.2, 0) is 4.79 Å². The molecule has 118 valence electrons. The van der Waals surface area contributed by atoms with Gasteiger partial charge >= 0.3 is 0 Å². The Labute approximate surface area is 138 Å². The van der Waals surface area contributed by atoms with Crippen LogP contribution in [0.4, 0.5) is 0 Å². The number of rotatable bonds is 6. The lowest BCUT2D eigenvalue weighted by Crippen LogP contribution is -2.31. The molecule has 0 aromatic carbocycles. The van der Waals surface area contributed by atoms with Crippen molar-refractivity contribution in [2.75, 3.05) is 12.3 Å². The molecule has 0 saturated heterocycles. The van der Waals surface area contributed by atoms with Gasteiger partial charge in [-0.1, -0.05) is 37.1 Å². The first-order valence-electron chi connectivity index (χ1n) is 7.67. The maximum atomic E-state index is 11.9. The number of nitrogens with zero attached hydrogens (tertiary/aromatic N) is 2. The molecule has 2 aromatic rings. The maximum Gasteiger partial charge on any atom is 0.230 e. The first kappa shape index (κ1) is 15.6. The predicted molar refractivity (Wildman–Crippen MR) is 90.0 cm³/mol. The van der Waals surface area contributed by atoms with Gasteiger partial charge in [0.25, 0.3) is 0 Å². The molecule has 2 aromatic heterocycles. The molecule has 1 amide bonds. The Balaban J connectivity index is 1.41. The van der Waals surface area contributed by atoms with E-state index >= 15 is 0 Å². The molecule has 0 aliphatic heterocycles. The molecule has 1 saturated carbocycles. The minimum atomic E-state index is 0.0676. The van der Waals surface area contributed by atoms with Crippen LogP contribution >= 0.6 is 23.1 Å². The number of carbonyl (C=O) groups excluding carboxylic acids is 1. The van der Waals surface area contributed by atoms with E-state index in [1.807, 2.05) is 17.5 Å². The number of hydrogen-bond donors (Lipinski definition) is 2. The van der Waals surface area contributed by atoms with Crippen LogP contribution in [0, 0.1) is 5.92 Å². The van der Waals surface area contributed by atoms with E-state index in [4.69, 9.17) is 0 Å². The number of nitrogens with one attached hydrogen (secondary N) is 2. The van der Waals surface area contributed by atoms with E-state index in [1.54, 1.807) is 11.3 Å². The summed E-state index contributed by atoms with van der Waals surface area (Å²) in [5, 5.41) is 12.7. The van der Waals surface area contributed by atoms with E-state index in [1.165, 1.54) is 43.9 Å². The van der Waals surface area contributed by atoms with Crippen molar-refractivity contribution < 1.29 is 4.79 Å². The van der Waals surface area contributed by atoms with Crippen LogP contribution in [0.3, 0.4) is 0 Å². The maximum absolute atomic E-state index is 11.9. The van der Waals surface area contributed by atoms with E-state index in [2.05, 4.69) is 20.5 Å². The summed E-state index contributed by atoms with van der Waals surface area (Å²) in [4.78, 5) is 17.4. The molecule has 3 rings (SSSR count). The van der Waals surface area contributed by atoms with Gasteiger partial charge < -0.3 is 5.32 Å². The van der Waals surface area contributed by atoms with Gasteiger partial charge in [-0.25, -0.2) is 4.98 Å². The third-order valence-electron chi connectivity index (χ3n) is 3.86. The van der Waals surface area contributed by atoms with Crippen LogP contribution in [0.15, 0.2) is 22.7 Å². The molecule has 0 atom stereocenters. The van der Waals surface area contributed by atoms with Crippen molar-refractivity contribution in [2.45, 2.75) is 37.3 Å². The van der Waals surface area contributed by atoms with Crippen LogP contribution in [0.2, 0.25) is 0 Å². The molecular weight excluding hydrogens is 316 g/mol. The van der Waals surface area contributed by atoms with Gasteiger partial charge in [-0.3, -0.25) is 9.89 Å². The summed E-state index contributed by atoms with van der Waals surface area (Å²) < 4.78 is 0. The van der Waals surface area contributed by atoms with E-state index in [9.17, 15) is 4.79 Å². The second kappa shape index (κ2) is 7.78. The average molecular weight is 336 g/mol. The van der Waals surface area contributed by atoms with Crippen molar-refractivity contribution >= 4 is 29.0 Å². The number of aromatic amines is 1. The average Bonchev–Trinajstić information content (AvgIpc) is 3.22. The number of amides is 1. The minimum Gasteiger partial charge on any atom is -0.355 e. The largest absolute Gasteiger partial charge is 0.355 e. The summed E-state index contributed by atoms with van der Waals surface area (Å²) in [6, 6.07) is 3.98. The van der Waals surface area contributed by atoms with Gasteiger partial charge in [0.05, 0.1) is 10.6 Å². The molecule has 0 spiro atoms. The zero-order chi connectivity index (χ0) is 15.2. The highest BCUT2D eigenvalue weighted by Crippen LogP contribution is 2.24. The van der Waals surface area contributed by atoms with Gasteiger partial charge in [-0.15, -0.1) is 16.4 Å². The number of carbonyl (C=O) groups is 1. The fourth-order valence-corrected chi connectivity index (χ4v) is 3.96. The smallest absolute Gasteiger partial charge is 0.230 e. The number of thioether (sulfide) groups is 1. The molecule has 2 N–H and O–H groups in total. The van der Waals surface area contributed by atoms with Crippen LogP contribution in [0.5, 0.6) is 0 Å². The molecule has 1 fully saturated rings. The molecule has 1 aliphatic carbocycles. The highest BCUT2D eigenvalue weighted by atomic mass is 32.2. The Hall–Kier alpha value is -1.34. The van der Waals surface area contributed by atoms with Crippen LogP contribution < -0.4 is 5.32 Å². The molecule has 0 unspecified atom stereocenters. The fourth-order valence-electron chi connectivity index (χ4n) is 2.67. The van der Waals surface area contributed by atoms with E-state index < -0.39 is 0 Å². The molecule has 0 radical (unpaired) electrons. The van der Waals surface area contributed by atoms with Crippen molar-refractivity contribution in [2.24, 2.45) is 5.92 Å². The van der Waals surface area contributed by atoms with Crippen LogP contribution in [0.25, 0.3) is 10.7 Å². The topological polar surface area (TPSA) is 70.7 Å². The summed E-state index contributed by atoms with van der Waals surface area (Å²) >= 11 is 2.99. The summed E-state index contributed by atoms with van der Waals surface area (Å²) in [5.74, 6) is 1.86. The highest BCUT2D eigenvalue weighted by Gasteiger charge is 2.15. The Morgan fingerprint density at radius 2 is 2.27 bits per heavy atom. The molecular formula is C15H20N4OS2. The zero-order valence-electron chi connectivity index (χ0n) is 12.4. The second-order valence-corrected chi connectivity index (χ2v) is 7.43. The minimum absolute atomic E-state index is 0.0676. The predicted octanol–water partition coefficient (Wildman–Crippen LogP) is 3.32. The number of aromatic nitrogens is 3. The number of thiophene rings is 1. The van der Waals surface area contributed by atoms with Crippen molar-refractivity contribution in [1.29, 1.82) is 0 Å². The molecule has 5 nitrogen and oxygen atoms in total. The third kappa shape index (κ3) is 4.33. The van der Waals surface area contributed by atoms with Crippen molar-refractivity contribution in [3.05, 3.63) is 17.5 Å². The molecule has 0 bridgehead atoms. The first-order chi connectivity index (χ1) is 10.8. The number of H-pyrrole nitrogens is 1. The van der Waals surface area contributed by atoms with Gasteiger partial charge in [0.2, 0.25) is 11.1 Å². The molecule has 22 heavy (non-hydrogen) atoms. The van der Waals surface area contributed by atoms with Gasteiger partial charge in [0.15, 0.2) is 5.82 Å². The highest BCUT2D eigenvalue weighted by molar-refractivity contribution is 7.99. The standard InChI is InChI=1S/C15H20N4OS2/c20-13(16-9-11-5-2-1-3-6-11)10-22-15-17-14(18-19-15)12-7-4-8-21-12/h4,7-8,11H,1-3,5-6,9-10H2,(H,16,20)(H,17,18,19). The van der Waals surface area contributed by atoms with Crippen LogP contribution in [0.1, 0.15) is 32.1 Å². The quantitative estimate of drug-likeness (QED) is 0.794. The Morgan fingerprint density at radius 1 is 1.41 bits per heavy atom. The summed E-state index contributed by atoms with van der Waals surface area (Å²) in [5.41, 5.74) is 0. The Bertz CT molecular complexity index is 590. The fraction of sp³-hybridized carbons (Fsp3) is 0.533. The van der Waals surface area contributed by atoms with Crippen LogP contribution in [-0.4, -0.2) is 33.4 Å². The second-order valence-electron chi connectivity index (χ2n) is 5.54. The monoisotopic (exact) mass is 336 g/mol. The summed E-state index contributed by atoms with van der Waals surface area (Å²) in [6.45, 7) is 0.813. The van der Waals surface area contributed by atoms with Crippen molar-refractivity contribution in [3.63, 3.8) is 0 Å². The molecule has 1 aliphatic rings. The van der Waals surface area contributed by atoms with Gasteiger partial charge in [0.1, 0.15) is 0 Å². The van der Waals surface area contributed by atoms with E-state index in [0.29, 0.717) is 16.8 Å². The first-order valence-corrected chi connectivity index (χ1v) is 9.53. The Kier molecular flexibility index (Phi) is 5.50. The lowest BCUT2D eigenvalue weighted by Gasteiger charge is -2.21. The van der Waals surface area contributed by atoms with E-state index in [-0.39, 0.29) is 5.91 Å². The third-order valence-corrected chi connectivity index (χ3v) is 5.59. The van der Waals surface area contributed by atoms with Gasteiger partial charge in [-0.2, -0.15) is 0 Å². The zero-order valence-corrected chi connectivity index (χ0v) is 14.0. The summed E-state index contributed by atoms with van der Waals surface area (Å²) in [6.07, 6.45) is 6.45. The Morgan fingerprint density at radius 3 is 3.05 bits per heavy atom.